The van der Waals surface area contributed by atoms with Crippen LogP contribution in [0, 0.1) is 0 Å². The molecule has 6 heteroatoms. The maximum absolute atomic E-state index is 12.4. The number of halogens is 2. The van der Waals surface area contributed by atoms with E-state index in [1.165, 1.54) is 0 Å². The van der Waals surface area contributed by atoms with Crippen molar-refractivity contribution in [2.45, 2.75) is 6.42 Å². The molecule has 1 aromatic carbocycles. The standard InChI is InChI=1S/C17H17Cl2N3O/c18-15-4-2-1-3-13(15)11-17(23)22-9-7-21(8-10-22)14-5-6-20-16(19)12-14/h1-6,12H,7-11H2. The van der Waals surface area contributed by atoms with E-state index < -0.39 is 0 Å². The Morgan fingerprint density at radius 3 is 2.52 bits per heavy atom. The van der Waals surface area contributed by atoms with E-state index in [-0.39, 0.29) is 5.91 Å². The van der Waals surface area contributed by atoms with Gasteiger partial charge in [-0.3, -0.25) is 4.79 Å². The quantitative estimate of drug-likeness (QED) is 0.797. The van der Waals surface area contributed by atoms with Gasteiger partial charge in [-0.25, -0.2) is 4.98 Å². The van der Waals surface area contributed by atoms with E-state index >= 15 is 0 Å². The molecular formula is C17H17Cl2N3O. The topological polar surface area (TPSA) is 36.4 Å². The highest BCUT2D eigenvalue weighted by Crippen LogP contribution is 2.20. The number of benzene rings is 1. The fraction of sp³-hybridized carbons (Fsp3) is 0.294. The Balaban J connectivity index is 1.58. The van der Waals surface area contributed by atoms with Gasteiger partial charge in [0.1, 0.15) is 5.15 Å². The first kappa shape index (κ1) is 16.1. The Kier molecular flexibility index (Phi) is 5.03. The van der Waals surface area contributed by atoms with E-state index in [1.54, 1.807) is 6.20 Å². The minimum Gasteiger partial charge on any atom is -0.368 e. The SMILES string of the molecule is O=C(Cc1ccccc1Cl)N1CCN(c2ccnc(Cl)c2)CC1. The normalized spacial score (nSPS) is 14.9. The van der Waals surface area contributed by atoms with E-state index in [1.807, 2.05) is 41.3 Å². The predicted octanol–water partition coefficient (Wildman–Crippen LogP) is 3.28. The van der Waals surface area contributed by atoms with Crippen LogP contribution in [0.4, 0.5) is 5.69 Å². The van der Waals surface area contributed by atoms with E-state index in [0.717, 1.165) is 24.3 Å². The Hall–Kier alpha value is -1.78. The molecule has 1 saturated heterocycles. The summed E-state index contributed by atoms with van der Waals surface area (Å²) in [5.41, 5.74) is 1.92. The van der Waals surface area contributed by atoms with Crippen LogP contribution in [0.25, 0.3) is 0 Å². The summed E-state index contributed by atoms with van der Waals surface area (Å²) >= 11 is 12.1. The molecule has 2 heterocycles. The van der Waals surface area contributed by atoms with Crippen molar-refractivity contribution in [3.8, 4) is 0 Å². The van der Waals surface area contributed by atoms with Crippen molar-refractivity contribution in [3.63, 3.8) is 0 Å². The van der Waals surface area contributed by atoms with Crippen LogP contribution in [-0.2, 0) is 11.2 Å². The molecule has 0 unspecified atom stereocenters. The molecule has 23 heavy (non-hydrogen) atoms. The fourth-order valence-corrected chi connectivity index (χ4v) is 3.09. The van der Waals surface area contributed by atoms with Crippen molar-refractivity contribution in [2.24, 2.45) is 0 Å². The molecule has 2 aromatic rings. The molecule has 0 atom stereocenters. The lowest BCUT2D eigenvalue weighted by Crippen LogP contribution is -2.49. The van der Waals surface area contributed by atoms with Crippen LogP contribution in [0.2, 0.25) is 10.2 Å². The van der Waals surface area contributed by atoms with Crippen LogP contribution >= 0.6 is 23.2 Å². The number of anilines is 1. The highest BCUT2D eigenvalue weighted by atomic mass is 35.5. The van der Waals surface area contributed by atoms with Gasteiger partial charge in [-0.2, -0.15) is 0 Å². The molecule has 0 bridgehead atoms. The molecule has 4 nitrogen and oxygen atoms in total. The molecule has 120 valence electrons. The molecule has 1 aromatic heterocycles. The van der Waals surface area contributed by atoms with Gasteiger partial charge >= 0.3 is 0 Å². The van der Waals surface area contributed by atoms with Crippen LogP contribution in [0.5, 0.6) is 0 Å². The molecule has 1 amide bonds. The summed E-state index contributed by atoms with van der Waals surface area (Å²) in [7, 11) is 0. The van der Waals surface area contributed by atoms with E-state index in [4.69, 9.17) is 23.2 Å². The van der Waals surface area contributed by atoms with Crippen molar-refractivity contribution in [2.75, 3.05) is 31.1 Å². The first-order valence-electron chi connectivity index (χ1n) is 7.51. The van der Waals surface area contributed by atoms with Gasteiger partial charge < -0.3 is 9.80 Å². The Bertz CT molecular complexity index is 700. The third-order valence-corrected chi connectivity index (χ3v) is 4.58. The summed E-state index contributed by atoms with van der Waals surface area (Å²) in [4.78, 5) is 20.5. The first-order chi connectivity index (χ1) is 11.1. The van der Waals surface area contributed by atoms with Gasteiger partial charge in [0.25, 0.3) is 0 Å². The molecule has 0 radical (unpaired) electrons. The maximum Gasteiger partial charge on any atom is 0.227 e. The molecule has 0 saturated carbocycles. The van der Waals surface area contributed by atoms with Crippen molar-refractivity contribution >= 4 is 34.8 Å². The second-order valence-electron chi connectivity index (χ2n) is 5.47. The summed E-state index contributed by atoms with van der Waals surface area (Å²) in [6.45, 7) is 2.97. The van der Waals surface area contributed by atoms with Crippen molar-refractivity contribution in [1.82, 2.24) is 9.88 Å². The minimum absolute atomic E-state index is 0.116. The second kappa shape index (κ2) is 7.20. The van der Waals surface area contributed by atoms with Gasteiger partial charge in [-0.05, 0) is 23.8 Å². The Labute approximate surface area is 145 Å². The van der Waals surface area contributed by atoms with Crippen molar-refractivity contribution in [3.05, 3.63) is 58.3 Å². The molecule has 0 aliphatic carbocycles. The van der Waals surface area contributed by atoms with E-state index in [0.29, 0.717) is 29.7 Å². The molecule has 0 spiro atoms. The van der Waals surface area contributed by atoms with Crippen LogP contribution in [0.15, 0.2) is 42.6 Å². The van der Waals surface area contributed by atoms with Gasteiger partial charge in [-0.1, -0.05) is 41.4 Å². The average molecular weight is 350 g/mol. The van der Waals surface area contributed by atoms with Gasteiger partial charge in [0, 0.05) is 43.1 Å². The number of hydrogen-bond acceptors (Lipinski definition) is 3. The zero-order chi connectivity index (χ0) is 16.2. The summed E-state index contributed by atoms with van der Waals surface area (Å²) in [6.07, 6.45) is 2.05. The average Bonchev–Trinajstić information content (AvgIpc) is 2.57. The summed E-state index contributed by atoms with van der Waals surface area (Å²) in [5.74, 6) is 0.116. The van der Waals surface area contributed by atoms with E-state index in [2.05, 4.69) is 9.88 Å². The minimum atomic E-state index is 0.116. The predicted molar refractivity (Wildman–Crippen MR) is 93.2 cm³/mol. The van der Waals surface area contributed by atoms with Crippen molar-refractivity contribution < 1.29 is 4.79 Å². The first-order valence-corrected chi connectivity index (χ1v) is 8.27. The molecule has 0 N–H and O–H groups in total. The third kappa shape index (κ3) is 3.95. The van der Waals surface area contributed by atoms with Crippen LogP contribution < -0.4 is 4.90 Å². The zero-order valence-corrected chi connectivity index (χ0v) is 14.1. The van der Waals surface area contributed by atoms with Gasteiger partial charge in [0.05, 0.1) is 6.42 Å². The second-order valence-corrected chi connectivity index (χ2v) is 6.27. The van der Waals surface area contributed by atoms with E-state index in [9.17, 15) is 4.79 Å². The zero-order valence-electron chi connectivity index (χ0n) is 12.6. The van der Waals surface area contributed by atoms with Gasteiger partial charge in [0.15, 0.2) is 0 Å². The third-order valence-electron chi connectivity index (χ3n) is 4.01. The Morgan fingerprint density at radius 1 is 1.09 bits per heavy atom. The van der Waals surface area contributed by atoms with Gasteiger partial charge in [-0.15, -0.1) is 0 Å². The highest BCUT2D eigenvalue weighted by Gasteiger charge is 2.22. The number of hydrogen-bond donors (Lipinski definition) is 0. The lowest BCUT2D eigenvalue weighted by molar-refractivity contribution is -0.130. The molecule has 1 aliphatic rings. The van der Waals surface area contributed by atoms with Crippen LogP contribution in [0.3, 0.4) is 0 Å². The van der Waals surface area contributed by atoms with Crippen LogP contribution in [0.1, 0.15) is 5.56 Å². The lowest BCUT2D eigenvalue weighted by Gasteiger charge is -2.36. The largest absolute Gasteiger partial charge is 0.368 e. The molecule has 1 fully saturated rings. The monoisotopic (exact) mass is 349 g/mol. The number of amides is 1. The smallest absolute Gasteiger partial charge is 0.227 e. The number of rotatable bonds is 3. The molecule has 3 rings (SSSR count). The number of piperazine rings is 1. The highest BCUT2D eigenvalue weighted by molar-refractivity contribution is 6.31. The maximum atomic E-state index is 12.4. The van der Waals surface area contributed by atoms with Crippen molar-refractivity contribution in [1.29, 1.82) is 0 Å². The summed E-state index contributed by atoms with van der Waals surface area (Å²) in [5, 5.41) is 1.13. The number of carbonyl (C=O) groups excluding carboxylic acids is 1. The number of nitrogens with zero attached hydrogens (tertiary/aromatic N) is 3. The summed E-state index contributed by atoms with van der Waals surface area (Å²) in [6, 6.07) is 11.3. The number of carbonyl (C=O) groups is 1. The van der Waals surface area contributed by atoms with Crippen LogP contribution in [-0.4, -0.2) is 42.0 Å². The lowest BCUT2D eigenvalue weighted by atomic mass is 10.1. The summed E-state index contributed by atoms with van der Waals surface area (Å²) < 4.78 is 0. The molecule has 1 aliphatic heterocycles. The number of aromatic nitrogens is 1. The van der Waals surface area contributed by atoms with Gasteiger partial charge in [0.2, 0.25) is 5.91 Å². The Morgan fingerprint density at radius 2 is 1.83 bits per heavy atom. The molecular weight excluding hydrogens is 333 g/mol. The number of pyridine rings is 1. The fourth-order valence-electron chi connectivity index (χ4n) is 2.72.